The van der Waals surface area contributed by atoms with Crippen LogP contribution in [0.4, 0.5) is 9.59 Å². The first-order chi connectivity index (χ1) is 23.3. The molecular weight excluding hydrogens is 637 g/mol. The third-order valence-electron chi connectivity index (χ3n) is 8.54. The number of amides is 2. The van der Waals surface area contributed by atoms with Crippen molar-refractivity contribution in [1.82, 2.24) is 30.6 Å². The van der Waals surface area contributed by atoms with Crippen molar-refractivity contribution in [3.8, 4) is 23.1 Å². The molecule has 4 aromatic rings. The molecule has 10 nitrogen and oxygen atoms in total. The third-order valence-corrected chi connectivity index (χ3v) is 9.93. The van der Waals surface area contributed by atoms with Gasteiger partial charge < -0.3 is 30.1 Å². The lowest BCUT2D eigenvalue weighted by atomic mass is 10.0. The average Bonchev–Trinajstić information content (AvgIpc) is 3.35. The Labute approximate surface area is 292 Å². The van der Waals surface area contributed by atoms with E-state index in [9.17, 15) is 9.59 Å². The van der Waals surface area contributed by atoms with Crippen LogP contribution in [0.15, 0.2) is 48.7 Å². The van der Waals surface area contributed by atoms with Crippen molar-refractivity contribution in [3.63, 3.8) is 0 Å². The number of rotatable bonds is 8. The van der Waals surface area contributed by atoms with Crippen molar-refractivity contribution in [1.29, 1.82) is 0 Å². The SMILES string of the molecule is CC(C)(C)OC(=O)NCCCC1(c2nc3ccc(C#Cc4ccc(-c5cnc(C6CCCC6NC(=O)OC(C)(C)C)[nH]5)cc4)cc3[nH]2)CS1. The number of imidazole rings is 2. The molecule has 3 heterocycles. The Bertz CT molecular complexity index is 1870. The zero-order chi connectivity index (χ0) is 34.8. The molecule has 1 saturated heterocycles. The number of aromatic amines is 2. The summed E-state index contributed by atoms with van der Waals surface area (Å²) in [5, 5.41) is 5.90. The molecule has 1 aliphatic heterocycles. The predicted octanol–water partition coefficient (Wildman–Crippen LogP) is 7.76. The fourth-order valence-corrected chi connectivity index (χ4v) is 7.11. The molecule has 2 aromatic heterocycles. The van der Waals surface area contributed by atoms with E-state index in [1.54, 1.807) is 0 Å². The van der Waals surface area contributed by atoms with Crippen LogP contribution in [0, 0.1) is 11.8 Å². The van der Waals surface area contributed by atoms with Gasteiger partial charge in [-0.1, -0.05) is 30.4 Å². The molecule has 4 N–H and O–H groups in total. The number of ether oxygens (including phenoxy) is 2. The summed E-state index contributed by atoms with van der Waals surface area (Å²) in [7, 11) is 0. The molecular formula is C38H46N6O4S. The van der Waals surface area contributed by atoms with Crippen molar-refractivity contribution in [2.24, 2.45) is 0 Å². The van der Waals surface area contributed by atoms with Gasteiger partial charge in [0.15, 0.2) is 0 Å². The molecule has 0 radical (unpaired) electrons. The van der Waals surface area contributed by atoms with Gasteiger partial charge in [-0.25, -0.2) is 19.6 Å². The Morgan fingerprint density at radius 1 is 0.959 bits per heavy atom. The van der Waals surface area contributed by atoms with E-state index in [0.717, 1.165) is 82.9 Å². The summed E-state index contributed by atoms with van der Waals surface area (Å²) in [6, 6.07) is 14.2. The van der Waals surface area contributed by atoms with Gasteiger partial charge in [-0.2, -0.15) is 0 Å². The summed E-state index contributed by atoms with van der Waals surface area (Å²) >= 11 is 1.88. The van der Waals surface area contributed by atoms with E-state index < -0.39 is 11.2 Å². The molecule has 2 aromatic carbocycles. The topological polar surface area (TPSA) is 134 Å². The van der Waals surface area contributed by atoms with E-state index in [4.69, 9.17) is 14.5 Å². The maximum absolute atomic E-state index is 12.4. The van der Waals surface area contributed by atoms with E-state index >= 15 is 0 Å². The van der Waals surface area contributed by atoms with Gasteiger partial charge in [-0.05, 0) is 103 Å². The number of carbonyl (C=O) groups is 2. The summed E-state index contributed by atoms with van der Waals surface area (Å²) in [6.45, 7) is 11.7. The lowest BCUT2D eigenvalue weighted by molar-refractivity contribution is 0.0496. The fraction of sp³-hybridized carbons (Fsp3) is 0.474. The highest BCUT2D eigenvalue weighted by molar-refractivity contribution is 8.07. The second-order valence-corrected chi connectivity index (χ2v) is 16.3. The van der Waals surface area contributed by atoms with Crippen molar-refractivity contribution in [2.75, 3.05) is 12.3 Å². The Hall–Kier alpha value is -4.43. The zero-order valence-corrected chi connectivity index (χ0v) is 30.0. The number of fused-ring (bicyclic) bond motifs is 1. The van der Waals surface area contributed by atoms with E-state index in [1.807, 2.05) is 95.9 Å². The van der Waals surface area contributed by atoms with Crippen LogP contribution in [0.2, 0.25) is 0 Å². The maximum atomic E-state index is 12.4. The third kappa shape index (κ3) is 8.98. The van der Waals surface area contributed by atoms with Crippen molar-refractivity contribution in [3.05, 3.63) is 71.4 Å². The highest BCUT2D eigenvalue weighted by Gasteiger charge is 2.47. The molecule has 2 aliphatic rings. The van der Waals surface area contributed by atoms with E-state index in [-0.39, 0.29) is 28.9 Å². The molecule has 258 valence electrons. The van der Waals surface area contributed by atoms with E-state index in [0.29, 0.717) is 6.54 Å². The summed E-state index contributed by atoms with van der Waals surface area (Å²) in [5.74, 6) is 9.59. The number of nitrogens with one attached hydrogen (secondary N) is 4. The van der Waals surface area contributed by atoms with Crippen LogP contribution in [0.1, 0.15) is 102 Å². The van der Waals surface area contributed by atoms with Gasteiger partial charge in [0.1, 0.15) is 22.9 Å². The second-order valence-electron chi connectivity index (χ2n) is 14.9. The highest BCUT2D eigenvalue weighted by atomic mass is 32.2. The molecule has 1 saturated carbocycles. The lowest BCUT2D eigenvalue weighted by Gasteiger charge is -2.24. The second kappa shape index (κ2) is 13.8. The van der Waals surface area contributed by atoms with Gasteiger partial charge in [0.05, 0.1) is 27.7 Å². The normalized spacial score (nSPS) is 20.4. The van der Waals surface area contributed by atoms with Crippen LogP contribution in [0.5, 0.6) is 0 Å². The predicted molar refractivity (Wildman–Crippen MR) is 193 cm³/mol. The van der Waals surface area contributed by atoms with Gasteiger partial charge in [-0.3, -0.25) is 0 Å². The minimum atomic E-state index is -0.533. The molecule has 0 spiro atoms. The Balaban J connectivity index is 1.05. The number of carbonyl (C=O) groups excluding carboxylic acids is 2. The standard InChI is InChI=1S/C38H46N6O4S/c1-36(2,3)47-34(45)39-20-8-19-38(23-49-38)33-42-29-18-15-25(21-30(29)43-33)12-11-24-13-16-26(17-14-24)31-22-40-32(41-31)27-9-7-10-28(27)44-35(46)48-37(4,5)6/h13-18,21-22,27-28H,7-10,19-20,23H2,1-6H3,(H,39,45)(H,40,41)(H,42,43)(H,44,46). The summed E-state index contributed by atoms with van der Waals surface area (Å²) < 4.78 is 10.8. The van der Waals surface area contributed by atoms with Crippen LogP contribution in [0.3, 0.4) is 0 Å². The van der Waals surface area contributed by atoms with Crippen LogP contribution < -0.4 is 10.6 Å². The summed E-state index contributed by atoms with van der Waals surface area (Å²) in [4.78, 5) is 40.9. The largest absolute Gasteiger partial charge is 0.444 e. The molecule has 6 rings (SSSR count). The first kappa shape index (κ1) is 34.4. The zero-order valence-electron chi connectivity index (χ0n) is 29.2. The number of nitrogens with zero attached hydrogens (tertiary/aromatic N) is 2. The average molecular weight is 683 g/mol. The van der Waals surface area contributed by atoms with E-state index in [2.05, 4.69) is 43.5 Å². The summed E-state index contributed by atoms with van der Waals surface area (Å²) in [6.07, 6.45) is 5.75. The number of alkyl carbamates (subject to hydrolysis) is 2. The number of benzene rings is 2. The number of aromatic nitrogens is 4. The molecule has 0 bridgehead atoms. The van der Waals surface area contributed by atoms with Gasteiger partial charge in [0, 0.05) is 35.4 Å². The molecule has 3 atom stereocenters. The first-order valence-electron chi connectivity index (χ1n) is 17.0. The van der Waals surface area contributed by atoms with Gasteiger partial charge in [0.25, 0.3) is 0 Å². The molecule has 11 heteroatoms. The molecule has 2 fully saturated rings. The lowest BCUT2D eigenvalue weighted by Crippen LogP contribution is -2.40. The van der Waals surface area contributed by atoms with Gasteiger partial charge in [0.2, 0.25) is 0 Å². The Kier molecular flexibility index (Phi) is 9.72. The molecule has 2 amide bonds. The van der Waals surface area contributed by atoms with Crippen LogP contribution in [0.25, 0.3) is 22.3 Å². The summed E-state index contributed by atoms with van der Waals surface area (Å²) in [5.41, 5.74) is 4.65. The van der Waals surface area contributed by atoms with Gasteiger partial charge in [-0.15, -0.1) is 11.8 Å². The number of hydrogen-bond donors (Lipinski definition) is 4. The number of thioether (sulfide) groups is 1. The molecule has 49 heavy (non-hydrogen) atoms. The molecule has 1 aliphatic carbocycles. The maximum Gasteiger partial charge on any atom is 0.407 e. The smallest absolute Gasteiger partial charge is 0.407 e. The number of hydrogen-bond acceptors (Lipinski definition) is 7. The minimum absolute atomic E-state index is 0.00687. The van der Waals surface area contributed by atoms with Crippen molar-refractivity contribution < 1.29 is 19.1 Å². The number of H-pyrrole nitrogens is 2. The van der Waals surface area contributed by atoms with Crippen LogP contribution in [-0.2, 0) is 14.2 Å². The van der Waals surface area contributed by atoms with E-state index in [1.165, 1.54) is 0 Å². The Morgan fingerprint density at radius 3 is 2.37 bits per heavy atom. The first-order valence-corrected chi connectivity index (χ1v) is 18.0. The highest BCUT2D eigenvalue weighted by Crippen LogP contribution is 2.56. The Morgan fingerprint density at radius 2 is 1.65 bits per heavy atom. The van der Waals surface area contributed by atoms with Crippen molar-refractivity contribution in [2.45, 2.75) is 102 Å². The minimum Gasteiger partial charge on any atom is -0.444 e. The molecule has 3 unspecified atom stereocenters. The van der Waals surface area contributed by atoms with Crippen molar-refractivity contribution >= 4 is 35.0 Å². The monoisotopic (exact) mass is 682 g/mol. The van der Waals surface area contributed by atoms with Crippen LogP contribution in [-0.4, -0.2) is 61.7 Å². The quantitative estimate of drug-likeness (QED) is 0.0848. The van der Waals surface area contributed by atoms with Gasteiger partial charge >= 0.3 is 12.2 Å². The fourth-order valence-electron chi connectivity index (χ4n) is 6.14. The van der Waals surface area contributed by atoms with Crippen LogP contribution >= 0.6 is 11.8 Å².